The number of benzene rings is 3. The fourth-order valence-electron chi connectivity index (χ4n) is 3.40. The molecule has 5 nitrogen and oxygen atoms in total. The maximum absolute atomic E-state index is 10.6. The highest BCUT2D eigenvalue weighted by molar-refractivity contribution is 6.30. The van der Waals surface area contributed by atoms with Crippen LogP contribution >= 0.6 is 11.6 Å². The molecular weight excluding hydrogens is 402 g/mol. The van der Waals surface area contributed by atoms with Crippen molar-refractivity contribution in [3.63, 3.8) is 0 Å². The molecule has 1 aliphatic heterocycles. The van der Waals surface area contributed by atoms with E-state index in [2.05, 4.69) is 17.0 Å². The van der Waals surface area contributed by atoms with Crippen LogP contribution in [-0.2, 0) is 13.1 Å². The second-order valence-electron chi connectivity index (χ2n) is 7.26. The van der Waals surface area contributed by atoms with Gasteiger partial charge in [-0.3, -0.25) is 4.90 Å². The lowest BCUT2D eigenvalue weighted by atomic mass is 10.1. The van der Waals surface area contributed by atoms with E-state index in [4.69, 9.17) is 25.8 Å². The molecule has 0 saturated heterocycles. The van der Waals surface area contributed by atoms with Crippen molar-refractivity contribution in [2.45, 2.75) is 19.2 Å². The minimum atomic E-state index is -0.640. The van der Waals surface area contributed by atoms with Gasteiger partial charge in [0.2, 0.25) is 6.79 Å². The Morgan fingerprint density at radius 2 is 1.63 bits per heavy atom. The van der Waals surface area contributed by atoms with Gasteiger partial charge in [-0.05, 0) is 47.5 Å². The molecule has 0 saturated carbocycles. The highest BCUT2D eigenvalue weighted by atomic mass is 35.5. The van der Waals surface area contributed by atoms with E-state index in [1.165, 1.54) is 5.56 Å². The molecule has 0 aromatic heterocycles. The van der Waals surface area contributed by atoms with Crippen LogP contribution < -0.4 is 14.2 Å². The van der Waals surface area contributed by atoms with Crippen molar-refractivity contribution in [2.75, 3.05) is 19.9 Å². The minimum Gasteiger partial charge on any atom is -0.491 e. The van der Waals surface area contributed by atoms with E-state index in [9.17, 15) is 5.11 Å². The Labute approximate surface area is 181 Å². The first-order chi connectivity index (χ1) is 14.7. The average Bonchev–Trinajstić information content (AvgIpc) is 3.22. The number of hydrogen-bond acceptors (Lipinski definition) is 5. The van der Waals surface area contributed by atoms with Gasteiger partial charge < -0.3 is 19.3 Å². The number of rotatable bonds is 9. The fraction of sp³-hybridized carbons (Fsp3) is 0.250. The summed E-state index contributed by atoms with van der Waals surface area (Å²) >= 11 is 5.90. The van der Waals surface area contributed by atoms with E-state index < -0.39 is 6.10 Å². The summed E-state index contributed by atoms with van der Waals surface area (Å²) in [5, 5.41) is 11.3. The van der Waals surface area contributed by atoms with E-state index in [0.717, 1.165) is 17.1 Å². The fourth-order valence-corrected chi connectivity index (χ4v) is 3.52. The number of fused-ring (bicyclic) bond motifs is 1. The molecule has 0 radical (unpaired) electrons. The molecule has 1 aliphatic rings. The van der Waals surface area contributed by atoms with Crippen LogP contribution in [0.1, 0.15) is 11.1 Å². The van der Waals surface area contributed by atoms with Gasteiger partial charge >= 0.3 is 0 Å². The Balaban J connectivity index is 1.40. The van der Waals surface area contributed by atoms with Crippen LogP contribution in [0.3, 0.4) is 0 Å². The van der Waals surface area contributed by atoms with Crippen LogP contribution in [0.2, 0.25) is 5.02 Å². The van der Waals surface area contributed by atoms with E-state index in [1.807, 2.05) is 36.4 Å². The van der Waals surface area contributed by atoms with E-state index >= 15 is 0 Å². The lowest BCUT2D eigenvalue weighted by Crippen LogP contribution is -2.35. The smallest absolute Gasteiger partial charge is 0.231 e. The van der Waals surface area contributed by atoms with Crippen LogP contribution in [-0.4, -0.2) is 36.1 Å². The summed E-state index contributed by atoms with van der Waals surface area (Å²) in [6, 6.07) is 23.3. The lowest BCUT2D eigenvalue weighted by molar-refractivity contribution is 0.0628. The number of nitrogens with zero attached hydrogens (tertiary/aromatic N) is 1. The van der Waals surface area contributed by atoms with E-state index in [0.29, 0.717) is 30.4 Å². The summed E-state index contributed by atoms with van der Waals surface area (Å²) in [6.45, 7) is 2.31. The molecule has 0 bridgehead atoms. The summed E-state index contributed by atoms with van der Waals surface area (Å²) < 4.78 is 16.6. The number of aliphatic hydroxyl groups is 1. The van der Waals surface area contributed by atoms with Crippen LogP contribution in [0.4, 0.5) is 0 Å². The molecule has 30 heavy (non-hydrogen) atoms. The summed E-state index contributed by atoms with van der Waals surface area (Å²) in [4.78, 5) is 2.20. The number of hydrogen-bond donors (Lipinski definition) is 1. The van der Waals surface area contributed by atoms with Gasteiger partial charge in [0.25, 0.3) is 0 Å². The van der Waals surface area contributed by atoms with Crippen LogP contribution in [0.15, 0.2) is 72.8 Å². The molecule has 1 atom stereocenters. The Bertz CT molecular complexity index is 949. The quantitative estimate of drug-likeness (QED) is 0.546. The molecule has 156 valence electrons. The highest BCUT2D eigenvalue weighted by Crippen LogP contribution is 2.33. The Kier molecular flexibility index (Phi) is 6.74. The number of halogens is 1. The summed E-state index contributed by atoms with van der Waals surface area (Å²) in [5.74, 6) is 2.22. The minimum absolute atomic E-state index is 0.202. The van der Waals surface area contributed by atoms with Gasteiger partial charge in [0.15, 0.2) is 11.5 Å². The molecule has 3 aromatic carbocycles. The molecule has 0 amide bonds. The normalized spacial score (nSPS) is 13.4. The zero-order chi connectivity index (χ0) is 20.8. The van der Waals surface area contributed by atoms with Crippen LogP contribution in [0, 0.1) is 0 Å². The van der Waals surface area contributed by atoms with Crippen molar-refractivity contribution in [2.24, 2.45) is 0 Å². The lowest BCUT2D eigenvalue weighted by Gasteiger charge is -2.25. The van der Waals surface area contributed by atoms with Gasteiger partial charge in [-0.2, -0.15) is 0 Å². The monoisotopic (exact) mass is 425 g/mol. The van der Waals surface area contributed by atoms with Gasteiger partial charge in [0.05, 0.1) is 0 Å². The molecule has 0 unspecified atom stereocenters. The standard InChI is InChI=1S/C24H24ClNO4/c25-20-7-9-22(10-8-20)28-16-21(27)15-26(13-18-4-2-1-3-5-18)14-19-6-11-23-24(12-19)30-17-29-23/h1-12,21,27H,13-17H2/t21-/m0/s1. The van der Waals surface area contributed by atoms with Crippen molar-refractivity contribution in [1.82, 2.24) is 4.90 Å². The molecule has 1 heterocycles. The third-order valence-corrected chi connectivity index (χ3v) is 5.07. The first-order valence-corrected chi connectivity index (χ1v) is 10.2. The van der Waals surface area contributed by atoms with Crippen molar-refractivity contribution >= 4 is 11.6 Å². The van der Waals surface area contributed by atoms with E-state index in [-0.39, 0.29) is 13.4 Å². The molecular formula is C24H24ClNO4. The molecule has 0 aliphatic carbocycles. The zero-order valence-electron chi connectivity index (χ0n) is 16.5. The SMILES string of the molecule is O[C@H](COc1ccc(Cl)cc1)CN(Cc1ccccc1)Cc1ccc2c(c1)OCO2. The maximum atomic E-state index is 10.6. The first kappa shape index (κ1) is 20.5. The van der Waals surface area contributed by atoms with Gasteiger partial charge in [-0.25, -0.2) is 0 Å². The van der Waals surface area contributed by atoms with E-state index in [1.54, 1.807) is 24.3 Å². The van der Waals surface area contributed by atoms with Crippen LogP contribution in [0.5, 0.6) is 17.2 Å². The third kappa shape index (κ3) is 5.66. The first-order valence-electron chi connectivity index (χ1n) is 9.87. The average molecular weight is 426 g/mol. The van der Waals surface area contributed by atoms with Crippen molar-refractivity contribution < 1.29 is 19.3 Å². The van der Waals surface area contributed by atoms with Crippen LogP contribution in [0.25, 0.3) is 0 Å². The number of aliphatic hydroxyl groups excluding tert-OH is 1. The van der Waals surface area contributed by atoms with Gasteiger partial charge in [-0.1, -0.05) is 48.0 Å². The third-order valence-electron chi connectivity index (χ3n) is 4.82. The second kappa shape index (κ2) is 9.85. The molecule has 6 heteroatoms. The zero-order valence-corrected chi connectivity index (χ0v) is 17.3. The molecule has 0 spiro atoms. The predicted molar refractivity (Wildman–Crippen MR) is 116 cm³/mol. The Morgan fingerprint density at radius 1 is 0.900 bits per heavy atom. The molecule has 1 N–H and O–H groups in total. The summed E-state index contributed by atoms with van der Waals surface area (Å²) in [6.07, 6.45) is -0.640. The molecule has 4 rings (SSSR count). The Morgan fingerprint density at radius 3 is 2.43 bits per heavy atom. The molecule has 0 fully saturated rings. The van der Waals surface area contributed by atoms with Crippen molar-refractivity contribution in [3.05, 3.63) is 88.9 Å². The van der Waals surface area contributed by atoms with Crippen molar-refractivity contribution in [3.8, 4) is 17.2 Å². The highest BCUT2D eigenvalue weighted by Gasteiger charge is 2.17. The topological polar surface area (TPSA) is 51.2 Å². The largest absolute Gasteiger partial charge is 0.491 e. The predicted octanol–water partition coefficient (Wildman–Crippen LogP) is 4.51. The van der Waals surface area contributed by atoms with Gasteiger partial charge in [0, 0.05) is 24.7 Å². The summed E-state index contributed by atoms with van der Waals surface area (Å²) in [7, 11) is 0. The van der Waals surface area contributed by atoms with Crippen molar-refractivity contribution in [1.29, 1.82) is 0 Å². The van der Waals surface area contributed by atoms with Gasteiger partial charge in [0.1, 0.15) is 18.5 Å². The Hall–Kier alpha value is -2.73. The number of ether oxygens (including phenoxy) is 3. The maximum Gasteiger partial charge on any atom is 0.231 e. The summed E-state index contributed by atoms with van der Waals surface area (Å²) in [5.41, 5.74) is 2.28. The van der Waals surface area contributed by atoms with Gasteiger partial charge in [-0.15, -0.1) is 0 Å². The second-order valence-corrected chi connectivity index (χ2v) is 7.70. The molecule has 3 aromatic rings.